The van der Waals surface area contributed by atoms with Crippen LogP contribution < -0.4 is 26.0 Å². The maximum absolute atomic E-state index is 13.4. The number of anilines is 2. The number of methoxy groups -OCH3 is 1. The van der Waals surface area contributed by atoms with Crippen LogP contribution in [0.2, 0.25) is 0 Å². The number of benzene rings is 2. The van der Waals surface area contributed by atoms with Crippen LogP contribution in [0.15, 0.2) is 59.9 Å². The molecule has 282 valence electrons. The van der Waals surface area contributed by atoms with Gasteiger partial charge in [-0.05, 0) is 82.2 Å². The van der Waals surface area contributed by atoms with Gasteiger partial charge in [0.25, 0.3) is 5.91 Å². The highest BCUT2D eigenvalue weighted by Gasteiger charge is 2.33. The number of ether oxygens (including phenoxy) is 1. The van der Waals surface area contributed by atoms with Gasteiger partial charge in [0.2, 0.25) is 11.8 Å². The third-order valence-electron chi connectivity index (χ3n) is 11.7. The molecule has 0 radical (unpaired) electrons. The molecule has 1 atom stereocenters. The minimum Gasteiger partial charge on any atom is -0.494 e. The van der Waals surface area contributed by atoms with Crippen molar-refractivity contribution in [3.8, 4) is 5.75 Å². The fraction of sp³-hybridized carbons (Fsp3) is 0.462. The molecule has 5 heterocycles. The number of nitrogens with zero attached hydrogens (tertiary/aromatic N) is 8. The Morgan fingerprint density at radius 2 is 1.83 bits per heavy atom. The summed E-state index contributed by atoms with van der Waals surface area (Å²) in [4.78, 5) is 63.5. The van der Waals surface area contributed by atoms with Crippen LogP contribution in [0, 0.1) is 5.92 Å². The van der Waals surface area contributed by atoms with Gasteiger partial charge in [0.05, 0.1) is 41.1 Å². The lowest BCUT2D eigenvalue weighted by atomic mass is 9.85. The number of aromatic nitrogens is 6. The van der Waals surface area contributed by atoms with E-state index in [-0.39, 0.29) is 29.6 Å². The number of hydrogen-bond acceptors (Lipinski definition) is 10. The van der Waals surface area contributed by atoms with Gasteiger partial charge in [-0.1, -0.05) is 6.07 Å². The number of imidazole rings is 1. The molecule has 2 aromatic carbocycles. The predicted octanol–water partition coefficient (Wildman–Crippen LogP) is 4.05. The first-order valence-electron chi connectivity index (χ1n) is 18.8. The van der Waals surface area contributed by atoms with Crippen molar-refractivity contribution >= 4 is 51.0 Å². The highest BCUT2D eigenvalue weighted by molar-refractivity contribution is 6.05. The molecule has 5 aromatic rings. The molecule has 54 heavy (non-hydrogen) atoms. The molecule has 3 aromatic heterocycles. The average Bonchev–Trinajstić information content (AvgIpc) is 3.72. The molecule has 3 amide bonds. The highest BCUT2D eigenvalue weighted by Crippen LogP contribution is 2.37. The quantitative estimate of drug-likeness (QED) is 0.212. The summed E-state index contributed by atoms with van der Waals surface area (Å²) in [6.45, 7) is 2.81. The van der Waals surface area contributed by atoms with Crippen LogP contribution in [0.1, 0.15) is 73.9 Å². The van der Waals surface area contributed by atoms with Crippen LogP contribution in [-0.4, -0.2) is 91.3 Å². The van der Waals surface area contributed by atoms with E-state index in [0.717, 1.165) is 85.8 Å². The molecule has 0 spiro atoms. The second-order valence-corrected chi connectivity index (χ2v) is 14.9. The summed E-state index contributed by atoms with van der Waals surface area (Å²) in [6.07, 6.45) is 11.9. The minimum absolute atomic E-state index is 0.218. The Morgan fingerprint density at radius 3 is 2.56 bits per heavy atom. The maximum atomic E-state index is 13.4. The number of piperidine rings is 2. The van der Waals surface area contributed by atoms with Crippen LogP contribution in [0.5, 0.6) is 5.75 Å². The number of rotatable bonds is 9. The fourth-order valence-electron chi connectivity index (χ4n) is 8.74. The SMILES string of the molecule is COc1cc2nn(C3CCC(CN(C)C4CCN(c5cccc6c5n(C)c(=O)n6C5CCC(=O)NC5=O)CC4)CC3)cc2cc1NC(=O)c1ccncn1. The van der Waals surface area contributed by atoms with Crippen LogP contribution in [0.4, 0.5) is 11.4 Å². The van der Waals surface area contributed by atoms with Crippen LogP contribution in [0.25, 0.3) is 21.9 Å². The van der Waals surface area contributed by atoms with E-state index < -0.39 is 11.9 Å². The fourth-order valence-corrected chi connectivity index (χ4v) is 8.74. The Morgan fingerprint density at radius 1 is 1.04 bits per heavy atom. The zero-order valence-corrected chi connectivity index (χ0v) is 30.9. The standard InChI is InChI=1S/C39H46N10O5/c1-45(26-14-17-47(18-15-26)31-5-4-6-32-36(31)46(2)39(53)49(32)33-11-12-35(50)43-38(33)52)21-24-7-9-27(10-8-24)48-22-25-19-30(34(54-3)20-29(25)44-48)42-37(51)28-13-16-40-23-41-28/h4-6,13,16,19-20,22-24,26-27,33H,7-12,14-15,17-18,21H2,1-3H3,(H,42,51)(H,43,50,52). The van der Waals surface area contributed by atoms with Crippen molar-refractivity contribution in [1.29, 1.82) is 0 Å². The van der Waals surface area contributed by atoms with Gasteiger partial charge in [-0.25, -0.2) is 14.8 Å². The van der Waals surface area contributed by atoms with Crippen LogP contribution in [0.3, 0.4) is 0 Å². The van der Waals surface area contributed by atoms with Gasteiger partial charge in [0, 0.05) is 63.0 Å². The summed E-state index contributed by atoms with van der Waals surface area (Å²) < 4.78 is 10.9. The molecule has 8 rings (SSSR count). The molecule has 2 N–H and O–H groups in total. The number of nitrogens with one attached hydrogen (secondary N) is 2. The maximum Gasteiger partial charge on any atom is 0.329 e. The van der Waals surface area contributed by atoms with E-state index >= 15 is 0 Å². The molecule has 3 fully saturated rings. The van der Waals surface area contributed by atoms with E-state index in [1.54, 1.807) is 29.4 Å². The minimum atomic E-state index is -0.697. The normalized spacial score (nSPS) is 21.2. The first-order valence-corrected chi connectivity index (χ1v) is 18.8. The predicted molar refractivity (Wildman–Crippen MR) is 204 cm³/mol. The van der Waals surface area contributed by atoms with Crippen molar-refractivity contribution in [3.05, 3.63) is 71.3 Å². The number of amides is 3. The van der Waals surface area contributed by atoms with E-state index in [4.69, 9.17) is 9.84 Å². The van der Waals surface area contributed by atoms with Crippen molar-refractivity contribution in [2.24, 2.45) is 13.0 Å². The Balaban J connectivity index is 0.868. The van der Waals surface area contributed by atoms with E-state index in [9.17, 15) is 19.2 Å². The molecule has 1 aliphatic carbocycles. The summed E-state index contributed by atoms with van der Waals surface area (Å²) in [6, 6.07) is 11.4. The monoisotopic (exact) mass is 734 g/mol. The third-order valence-corrected chi connectivity index (χ3v) is 11.7. The lowest BCUT2D eigenvalue weighted by Crippen LogP contribution is -2.45. The molecule has 1 unspecified atom stereocenters. The van der Waals surface area contributed by atoms with Crippen molar-refractivity contribution in [3.63, 3.8) is 0 Å². The van der Waals surface area contributed by atoms with Gasteiger partial charge in [-0.3, -0.25) is 33.5 Å². The molecule has 3 aliphatic rings. The Hall–Kier alpha value is -5.57. The topological polar surface area (TPSA) is 162 Å². The second kappa shape index (κ2) is 14.7. The zero-order chi connectivity index (χ0) is 37.5. The first kappa shape index (κ1) is 35.5. The summed E-state index contributed by atoms with van der Waals surface area (Å²) in [5.41, 5.74) is 3.98. The molecule has 0 bridgehead atoms. The largest absolute Gasteiger partial charge is 0.494 e. The number of hydrogen-bond donors (Lipinski definition) is 2. The smallest absolute Gasteiger partial charge is 0.329 e. The van der Waals surface area contributed by atoms with Gasteiger partial charge in [-0.2, -0.15) is 5.10 Å². The zero-order valence-electron chi connectivity index (χ0n) is 30.9. The lowest BCUT2D eigenvalue weighted by Gasteiger charge is -2.40. The van der Waals surface area contributed by atoms with Gasteiger partial charge < -0.3 is 19.9 Å². The molecule has 15 heteroatoms. The van der Waals surface area contributed by atoms with Crippen LogP contribution in [-0.2, 0) is 16.6 Å². The molecule has 1 saturated carbocycles. The van der Waals surface area contributed by atoms with Crippen molar-refractivity contribution in [2.75, 3.05) is 44.0 Å². The van der Waals surface area contributed by atoms with Gasteiger partial charge >= 0.3 is 5.69 Å². The van der Waals surface area contributed by atoms with E-state index in [1.807, 2.05) is 24.3 Å². The number of carbonyl (C=O) groups is 3. The summed E-state index contributed by atoms with van der Waals surface area (Å²) in [5, 5.41) is 11.2. The molecule has 2 aliphatic heterocycles. The molecular weight excluding hydrogens is 688 g/mol. The van der Waals surface area contributed by atoms with E-state index in [1.165, 1.54) is 12.5 Å². The second-order valence-electron chi connectivity index (χ2n) is 14.9. The number of fused-ring (bicyclic) bond motifs is 2. The average molecular weight is 735 g/mol. The van der Waals surface area contributed by atoms with Gasteiger partial charge in [-0.15, -0.1) is 0 Å². The van der Waals surface area contributed by atoms with Gasteiger partial charge in [0.1, 0.15) is 23.8 Å². The first-order chi connectivity index (χ1) is 26.2. The van der Waals surface area contributed by atoms with Crippen molar-refractivity contribution < 1.29 is 19.1 Å². The summed E-state index contributed by atoms with van der Waals surface area (Å²) in [7, 11) is 5.60. The summed E-state index contributed by atoms with van der Waals surface area (Å²) in [5.74, 6) is 0.113. The number of aryl methyl sites for hydroxylation is 1. The van der Waals surface area contributed by atoms with E-state index in [2.05, 4.69) is 54.4 Å². The highest BCUT2D eigenvalue weighted by atomic mass is 16.5. The number of para-hydroxylation sites is 1. The van der Waals surface area contributed by atoms with Gasteiger partial charge in [0.15, 0.2) is 0 Å². The Labute approximate surface area is 312 Å². The number of imide groups is 1. The van der Waals surface area contributed by atoms with Crippen molar-refractivity contribution in [1.82, 2.24) is 39.1 Å². The van der Waals surface area contributed by atoms with E-state index in [0.29, 0.717) is 35.9 Å². The van der Waals surface area contributed by atoms with Crippen LogP contribution >= 0.6 is 0 Å². The summed E-state index contributed by atoms with van der Waals surface area (Å²) >= 11 is 0. The van der Waals surface area contributed by atoms with Crippen molar-refractivity contribution in [2.45, 2.75) is 69.5 Å². The third kappa shape index (κ3) is 6.72. The molecule has 15 nitrogen and oxygen atoms in total. The Kier molecular flexibility index (Phi) is 9.65. The lowest BCUT2D eigenvalue weighted by molar-refractivity contribution is -0.135. The molecular formula is C39H46N10O5. The Bertz CT molecular complexity index is 2260. The molecule has 2 saturated heterocycles. The number of carbonyl (C=O) groups excluding carboxylic acids is 3.